The molecule has 1 aliphatic rings. The Kier molecular flexibility index (Phi) is 3.85. The van der Waals surface area contributed by atoms with Crippen molar-refractivity contribution in [3.05, 3.63) is 63.1 Å². The quantitative estimate of drug-likeness (QED) is 0.737. The minimum Gasteiger partial charge on any atom is -0.308 e. The van der Waals surface area contributed by atoms with Crippen molar-refractivity contribution in [2.45, 2.75) is 26.7 Å². The molecule has 0 spiro atoms. The van der Waals surface area contributed by atoms with E-state index in [4.69, 9.17) is 0 Å². The normalized spacial score (nSPS) is 14.0. The van der Waals surface area contributed by atoms with Gasteiger partial charge in [0.05, 0.1) is 11.3 Å². The highest BCUT2D eigenvalue weighted by Gasteiger charge is 2.26. The van der Waals surface area contributed by atoms with Crippen molar-refractivity contribution in [2.24, 2.45) is 0 Å². The highest BCUT2D eigenvalue weighted by molar-refractivity contribution is 9.10. The molecular weight excluding hydrogens is 326 g/mol. The van der Waals surface area contributed by atoms with Crippen molar-refractivity contribution in [3.8, 4) is 0 Å². The number of aryl methyl sites for hydroxylation is 3. The fourth-order valence-electron chi connectivity index (χ4n) is 3.00. The molecule has 0 aliphatic carbocycles. The third-order valence-electron chi connectivity index (χ3n) is 4.02. The maximum atomic E-state index is 13.0. The molecule has 0 saturated heterocycles. The van der Waals surface area contributed by atoms with Gasteiger partial charge >= 0.3 is 0 Å². The molecule has 0 radical (unpaired) electrons. The lowest BCUT2D eigenvalue weighted by Crippen LogP contribution is -2.36. The molecule has 0 aromatic heterocycles. The Labute approximate surface area is 133 Å². The van der Waals surface area contributed by atoms with Gasteiger partial charge in [-0.1, -0.05) is 29.8 Å². The van der Waals surface area contributed by atoms with E-state index in [9.17, 15) is 4.79 Å². The molecular formula is C18H18BrNO. The molecule has 1 heterocycles. The zero-order valence-corrected chi connectivity index (χ0v) is 13.9. The molecule has 0 unspecified atom stereocenters. The van der Waals surface area contributed by atoms with E-state index in [2.05, 4.69) is 41.1 Å². The van der Waals surface area contributed by atoms with E-state index >= 15 is 0 Å². The van der Waals surface area contributed by atoms with Gasteiger partial charge in [0, 0.05) is 11.0 Å². The van der Waals surface area contributed by atoms with E-state index in [-0.39, 0.29) is 5.91 Å². The number of nitrogens with zero attached hydrogens (tertiary/aromatic N) is 1. The molecule has 108 valence electrons. The van der Waals surface area contributed by atoms with Crippen LogP contribution in [0.4, 0.5) is 5.69 Å². The molecule has 2 nitrogen and oxygen atoms in total. The van der Waals surface area contributed by atoms with Crippen LogP contribution in [-0.4, -0.2) is 12.5 Å². The van der Waals surface area contributed by atoms with Crippen molar-refractivity contribution in [1.29, 1.82) is 0 Å². The summed E-state index contributed by atoms with van der Waals surface area (Å²) >= 11 is 3.51. The van der Waals surface area contributed by atoms with Crippen LogP contribution in [-0.2, 0) is 6.42 Å². The summed E-state index contributed by atoms with van der Waals surface area (Å²) in [5.41, 5.74) is 5.39. The van der Waals surface area contributed by atoms with Crippen molar-refractivity contribution in [2.75, 3.05) is 11.4 Å². The fraction of sp³-hybridized carbons (Fsp3) is 0.278. The Hall–Kier alpha value is -1.61. The number of fused-ring (bicyclic) bond motifs is 1. The standard InChI is InChI=1S/C18H18BrNO/c1-12-8-9-16(19)15(11-12)18(21)20-10-4-7-14-6-3-5-13(2)17(14)20/h3,5-6,8-9,11H,4,7,10H2,1-2H3. The zero-order chi connectivity index (χ0) is 15.0. The predicted molar refractivity (Wildman–Crippen MR) is 90.1 cm³/mol. The second-order valence-corrected chi connectivity index (χ2v) is 6.48. The predicted octanol–water partition coefficient (Wildman–Crippen LogP) is 4.66. The van der Waals surface area contributed by atoms with Crippen LogP contribution in [0.2, 0.25) is 0 Å². The number of halogens is 1. The highest BCUT2D eigenvalue weighted by Crippen LogP contribution is 2.32. The Morgan fingerprint density at radius 1 is 1.19 bits per heavy atom. The van der Waals surface area contributed by atoms with Gasteiger partial charge in [0.15, 0.2) is 0 Å². The Morgan fingerprint density at radius 3 is 2.81 bits per heavy atom. The number of anilines is 1. The minimum absolute atomic E-state index is 0.0841. The summed E-state index contributed by atoms with van der Waals surface area (Å²) in [6.07, 6.45) is 2.07. The van der Waals surface area contributed by atoms with Crippen LogP contribution in [0.1, 0.15) is 33.5 Å². The van der Waals surface area contributed by atoms with E-state index < -0.39 is 0 Å². The molecule has 3 rings (SSSR count). The molecule has 2 aromatic rings. The van der Waals surface area contributed by atoms with Crippen LogP contribution < -0.4 is 4.90 Å². The SMILES string of the molecule is Cc1ccc(Br)c(C(=O)N2CCCc3cccc(C)c32)c1. The maximum Gasteiger partial charge on any atom is 0.259 e. The Morgan fingerprint density at radius 2 is 2.00 bits per heavy atom. The fourth-order valence-corrected chi connectivity index (χ4v) is 3.41. The molecule has 2 aromatic carbocycles. The largest absolute Gasteiger partial charge is 0.308 e. The average Bonchev–Trinajstić information content (AvgIpc) is 2.49. The smallest absolute Gasteiger partial charge is 0.259 e. The number of hydrogen-bond donors (Lipinski definition) is 0. The summed E-state index contributed by atoms with van der Waals surface area (Å²) in [6.45, 7) is 4.88. The Bertz CT molecular complexity index is 708. The van der Waals surface area contributed by atoms with E-state index in [0.29, 0.717) is 0 Å². The Balaban J connectivity index is 2.06. The van der Waals surface area contributed by atoms with Gasteiger partial charge in [0.25, 0.3) is 5.91 Å². The average molecular weight is 344 g/mol. The molecule has 0 saturated carbocycles. The molecule has 0 N–H and O–H groups in total. The lowest BCUT2D eigenvalue weighted by molar-refractivity contribution is 0.0984. The number of amides is 1. The molecule has 0 atom stereocenters. The first-order valence-electron chi connectivity index (χ1n) is 7.24. The number of hydrogen-bond acceptors (Lipinski definition) is 1. The van der Waals surface area contributed by atoms with Crippen molar-refractivity contribution in [3.63, 3.8) is 0 Å². The third-order valence-corrected chi connectivity index (χ3v) is 4.71. The second kappa shape index (κ2) is 5.64. The molecule has 1 aliphatic heterocycles. The number of carbonyl (C=O) groups excluding carboxylic acids is 1. The van der Waals surface area contributed by atoms with Gasteiger partial charge in [-0.05, 0) is 65.9 Å². The van der Waals surface area contributed by atoms with Gasteiger partial charge in [-0.3, -0.25) is 4.79 Å². The summed E-state index contributed by atoms with van der Waals surface area (Å²) in [7, 11) is 0. The summed E-state index contributed by atoms with van der Waals surface area (Å²) in [6, 6.07) is 12.2. The highest BCUT2D eigenvalue weighted by atomic mass is 79.9. The lowest BCUT2D eigenvalue weighted by atomic mass is 9.97. The molecule has 21 heavy (non-hydrogen) atoms. The van der Waals surface area contributed by atoms with Crippen molar-refractivity contribution >= 4 is 27.5 Å². The summed E-state index contributed by atoms with van der Waals surface area (Å²) < 4.78 is 0.860. The van der Waals surface area contributed by atoms with E-state index in [1.165, 1.54) is 11.1 Å². The number of para-hydroxylation sites is 1. The van der Waals surface area contributed by atoms with Crippen molar-refractivity contribution in [1.82, 2.24) is 0 Å². The first-order chi connectivity index (χ1) is 10.1. The molecule has 0 fully saturated rings. The molecule has 3 heteroatoms. The topological polar surface area (TPSA) is 20.3 Å². The zero-order valence-electron chi connectivity index (χ0n) is 12.3. The van der Waals surface area contributed by atoms with Crippen LogP contribution in [0.5, 0.6) is 0 Å². The van der Waals surface area contributed by atoms with Crippen LogP contribution in [0.25, 0.3) is 0 Å². The first-order valence-corrected chi connectivity index (χ1v) is 8.04. The summed E-state index contributed by atoms with van der Waals surface area (Å²) in [5.74, 6) is 0.0841. The molecule has 0 bridgehead atoms. The molecule has 1 amide bonds. The lowest BCUT2D eigenvalue weighted by Gasteiger charge is -2.31. The van der Waals surface area contributed by atoms with Gasteiger partial charge in [-0.25, -0.2) is 0 Å². The van der Waals surface area contributed by atoms with E-state index in [1.807, 2.05) is 30.0 Å². The monoisotopic (exact) mass is 343 g/mol. The van der Waals surface area contributed by atoms with Crippen LogP contribution >= 0.6 is 15.9 Å². The van der Waals surface area contributed by atoms with Crippen LogP contribution in [0.15, 0.2) is 40.9 Å². The summed E-state index contributed by atoms with van der Waals surface area (Å²) in [5, 5.41) is 0. The second-order valence-electron chi connectivity index (χ2n) is 5.63. The van der Waals surface area contributed by atoms with Gasteiger partial charge < -0.3 is 4.90 Å². The number of carbonyl (C=O) groups is 1. The number of benzene rings is 2. The van der Waals surface area contributed by atoms with Crippen LogP contribution in [0.3, 0.4) is 0 Å². The maximum absolute atomic E-state index is 13.0. The first kappa shape index (κ1) is 14.3. The van der Waals surface area contributed by atoms with Gasteiger partial charge in [-0.2, -0.15) is 0 Å². The minimum atomic E-state index is 0.0841. The third kappa shape index (κ3) is 2.62. The van der Waals surface area contributed by atoms with Gasteiger partial charge in [-0.15, -0.1) is 0 Å². The van der Waals surface area contributed by atoms with Crippen molar-refractivity contribution < 1.29 is 4.79 Å². The van der Waals surface area contributed by atoms with E-state index in [1.54, 1.807) is 0 Å². The van der Waals surface area contributed by atoms with Gasteiger partial charge in [0.1, 0.15) is 0 Å². The van der Waals surface area contributed by atoms with Gasteiger partial charge in [0.2, 0.25) is 0 Å². The summed E-state index contributed by atoms with van der Waals surface area (Å²) in [4.78, 5) is 14.9. The number of rotatable bonds is 1. The van der Waals surface area contributed by atoms with Crippen LogP contribution in [0, 0.1) is 13.8 Å². The van der Waals surface area contributed by atoms with E-state index in [0.717, 1.165) is 40.7 Å².